The number of nitrogens with one attached hydrogen (secondary N) is 1. The summed E-state index contributed by atoms with van der Waals surface area (Å²) in [4.78, 5) is 6.84. The van der Waals surface area contributed by atoms with Gasteiger partial charge in [0.05, 0.1) is 5.69 Å². The molecule has 0 atom stereocenters. The van der Waals surface area contributed by atoms with Crippen molar-refractivity contribution in [3.63, 3.8) is 0 Å². The lowest BCUT2D eigenvalue weighted by Gasteiger charge is -2.18. The topological polar surface area (TPSA) is 37.4 Å². The molecule has 0 saturated carbocycles. The highest BCUT2D eigenvalue weighted by Crippen LogP contribution is 2.10. The van der Waals surface area contributed by atoms with E-state index in [0.29, 0.717) is 5.92 Å². The van der Waals surface area contributed by atoms with Crippen LogP contribution in [0.15, 0.2) is 18.2 Å². The Morgan fingerprint density at radius 2 is 2.16 bits per heavy atom. The Hall–Kier alpha value is -1.13. The molecule has 0 bridgehead atoms. The standard InChI is InChI=1S/C15H27N3O/c1-13(2)11-16-12-14-7-5-8-15(17-14)18(3)9-6-10-19-4/h5,7-8,13,16H,6,9-12H2,1-4H3. The van der Waals surface area contributed by atoms with Crippen molar-refractivity contribution in [2.45, 2.75) is 26.8 Å². The lowest BCUT2D eigenvalue weighted by atomic mass is 10.2. The van der Waals surface area contributed by atoms with Gasteiger partial charge in [0.25, 0.3) is 0 Å². The zero-order chi connectivity index (χ0) is 14.1. The van der Waals surface area contributed by atoms with Crippen molar-refractivity contribution in [1.82, 2.24) is 10.3 Å². The van der Waals surface area contributed by atoms with Crippen LogP contribution in [-0.4, -0.2) is 38.8 Å². The van der Waals surface area contributed by atoms with E-state index in [-0.39, 0.29) is 0 Å². The maximum atomic E-state index is 5.07. The van der Waals surface area contributed by atoms with Gasteiger partial charge in [-0.15, -0.1) is 0 Å². The lowest BCUT2D eigenvalue weighted by molar-refractivity contribution is 0.196. The number of anilines is 1. The first-order valence-electron chi connectivity index (χ1n) is 7.00. The second-order valence-electron chi connectivity index (χ2n) is 5.28. The predicted molar refractivity (Wildman–Crippen MR) is 80.5 cm³/mol. The molecule has 0 aliphatic heterocycles. The summed E-state index contributed by atoms with van der Waals surface area (Å²) in [5.74, 6) is 1.69. The minimum atomic E-state index is 0.667. The highest BCUT2D eigenvalue weighted by atomic mass is 16.5. The molecule has 4 heteroatoms. The molecule has 0 radical (unpaired) electrons. The van der Waals surface area contributed by atoms with Gasteiger partial charge in [0, 0.05) is 33.9 Å². The molecule has 0 aliphatic carbocycles. The van der Waals surface area contributed by atoms with Crippen molar-refractivity contribution in [3.8, 4) is 0 Å². The Labute approximate surface area is 117 Å². The summed E-state index contributed by atoms with van der Waals surface area (Å²) in [5.41, 5.74) is 1.09. The Balaban J connectivity index is 2.46. The quantitative estimate of drug-likeness (QED) is 0.695. The van der Waals surface area contributed by atoms with Crippen molar-refractivity contribution in [2.24, 2.45) is 5.92 Å². The summed E-state index contributed by atoms with van der Waals surface area (Å²) in [6.45, 7) is 8.03. The van der Waals surface area contributed by atoms with E-state index in [9.17, 15) is 0 Å². The van der Waals surface area contributed by atoms with E-state index in [2.05, 4.69) is 54.3 Å². The van der Waals surface area contributed by atoms with Crippen LogP contribution in [0.4, 0.5) is 5.82 Å². The third kappa shape index (κ3) is 6.55. The van der Waals surface area contributed by atoms with Crippen LogP contribution in [0.2, 0.25) is 0 Å². The number of rotatable bonds is 9. The molecule has 1 rings (SSSR count). The van der Waals surface area contributed by atoms with Crippen molar-refractivity contribution in [2.75, 3.05) is 38.8 Å². The number of hydrogen-bond donors (Lipinski definition) is 1. The maximum Gasteiger partial charge on any atom is 0.128 e. The molecule has 0 saturated heterocycles. The summed E-state index contributed by atoms with van der Waals surface area (Å²) in [5, 5.41) is 3.42. The average molecular weight is 265 g/mol. The highest BCUT2D eigenvalue weighted by Gasteiger charge is 2.03. The van der Waals surface area contributed by atoms with Gasteiger partial charge in [-0.05, 0) is 31.0 Å². The van der Waals surface area contributed by atoms with Crippen molar-refractivity contribution >= 4 is 5.82 Å². The van der Waals surface area contributed by atoms with Gasteiger partial charge in [-0.25, -0.2) is 4.98 Å². The van der Waals surface area contributed by atoms with E-state index in [1.165, 1.54) is 0 Å². The van der Waals surface area contributed by atoms with E-state index in [1.54, 1.807) is 7.11 Å². The minimum absolute atomic E-state index is 0.667. The van der Waals surface area contributed by atoms with Crippen molar-refractivity contribution < 1.29 is 4.74 Å². The molecule has 1 aromatic rings. The molecule has 1 N–H and O–H groups in total. The number of pyridine rings is 1. The third-order valence-corrected chi connectivity index (χ3v) is 2.88. The fraction of sp³-hybridized carbons (Fsp3) is 0.667. The fourth-order valence-electron chi connectivity index (χ4n) is 1.83. The SMILES string of the molecule is COCCCN(C)c1cccc(CNCC(C)C)n1. The van der Waals surface area contributed by atoms with Gasteiger partial charge < -0.3 is 15.0 Å². The molecule has 1 aromatic heterocycles. The molecule has 19 heavy (non-hydrogen) atoms. The van der Waals surface area contributed by atoms with Crippen molar-refractivity contribution in [3.05, 3.63) is 23.9 Å². The molecular weight excluding hydrogens is 238 g/mol. The molecule has 0 aliphatic rings. The Morgan fingerprint density at radius 1 is 1.37 bits per heavy atom. The fourth-order valence-corrected chi connectivity index (χ4v) is 1.83. The Bertz CT molecular complexity index is 355. The second-order valence-corrected chi connectivity index (χ2v) is 5.28. The zero-order valence-electron chi connectivity index (χ0n) is 12.6. The van der Waals surface area contributed by atoms with Gasteiger partial charge in [-0.2, -0.15) is 0 Å². The van der Waals surface area contributed by atoms with E-state index >= 15 is 0 Å². The lowest BCUT2D eigenvalue weighted by Crippen LogP contribution is -2.23. The predicted octanol–water partition coefficient (Wildman–Crippen LogP) is 2.30. The molecular formula is C15H27N3O. The maximum absolute atomic E-state index is 5.07. The van der Waals surface area contributed by atoms with E-state index < -0.39 is 0 Å². The van der Waals surface area contributed by atoms with Crippen LogP contribution in [0.3, 0.4) is 0 Å². The van der Waals surface area contributed by atoms with Gasteiger partial charge in [0.1, 0.15) is 5.82 Å². The number of ether oxygens (including phenoxy) is 1. The first-order chi connectivity index (χ1) is 9.13. The van der Waals surface area contributed by atoms with Gasteiger partial charge in [0.2, 0.25) is 0 Å². The minimum Gasteiger partial charge on any atom is -0.385 e. The summed E-state index contributed by atoms with van der Waals surface area (Å²) in [7, 11) is 3.81. The number of nitrogens with zero attached hydrogens (tertiary/aromatic N) is 2. The molecule has 1 heterocycles. The summed E-state index contributed by atoms with van der Waals surface area (Å²) < 4.78 is 5.07. The van der Waals surface area contributed by atoms with Crippen LogP contribution in [0.25, 0.3) is 0 Å². The number of hydrogen-bond acceptors (Lipinski definition) is 4. The van der Waals surface area contributed by atoms with E-state index in [4.69, 9.17) is 4.74 Å². The van der Waals surface area contributed by atoms with Gasteiger partial charge >= 0.3 is 0 Å². The largest absolute Gasteiger partial charge is 0.385 e. The molecule has 0 aromatic carbocycles. The van der Waals surface area contributed by atoms with Crippen LogP contribution >= 0.6 is 0 Å². The monoisotopic (exact) mass is 265 g/mol. The van der Waals surface area contributed by atoms with Crippen LogP contribution in [-0.2, 0) is 11.3 Å². The molecule has 108 valence electrons. The van der Waals surface area contributed by atoms with Gasteiger partial charge in [-0.1, -0.05) is 19.9 Å². The van der Waals surface area contributed by atoms with Crippen LogP contribution in [0.1, 0.15) is 26.0 Å². The van der Waals surface area contributed by atoms with E-state index in [1.807, 2.05) is 0 Å². The van der Waals surface area contributed by atoms with Crippen LogP contribution in [0, 0.1) is 5.92 Å². The Morgan fingerprint density at radius 3 is 2.84 bits per heavy atom. The number of aromatic nitrogens is 1. The average Bonchev–Trinajstić information content (AvgIpc) is 2.39. The molecule has 0 unspecified atom stereocenters. The molecule has 0 spiro atoms. The number of methoxy groups -OCH3 is 1. The second kappa shape index (κ2) is 8.88. The summed E-state index contributed by atoms with van der Waals surface area (Å²) >= 11 is 0. The third-order valence-electron chi connectivity index (χ3n) is 2.88. The normalized spacial score (nSPS) is 11.0. The van der Waals surface area contributed by atoms with Crippen molar-refractivity contribution in [1.29, 1.82) is 0 Å². The van der Waals surface area contributed by atoms with Gasteiger partial charge in [-0.3, -0.25) is 0 Å². The molecule has 4 nitrogen and oxygen atoms in total. The van der Waals surface area contributed by atoms with E-state index in [0.717, 1.165) is 44.2 Å². The molecule has 0 amide bonds. The summed E-state index contributed by atoms with van der Waals surface area (Å²) in [6, 6.07) is 6.19. The van der Waals surface area contributed by atoms with Gasteiger partial charge in [0.15, 0.2) is 0 Å². The molecule has 0 fully saturated rings. The Kier molecular flexibility index (Phi) is 7.45. The van der Waals surface area contributed by atoms with Crippen LogP contribution < -0.4 is 10.2 Å². The smallest absolute Gasteiger partial charge is 0.128 e. The van der Waals surface area contributed by atoms with Crippen LogP contribution in [0.5, 0.6) is 0 Å². The summed E-state index contributed by atoms with van der Waals surface area (Å²) in [6.07, 6.45) is 1.02. The first-order valence-corrected chi connectivity index (χ1v) is 7.00. The zero-order valence-corrected chi connectivity index (χ0v) is 12.6. The first kappa shape index (κ1) is 15.9. The highest BCUT2D eigenvalue weighted by molar-refractivity contribution is 5.38.